The fourth-order valence-electron chi connectivity index (χ4n) is 2.93. The van der Waals surface area contributed by atoms with Crippen molar-refractivity contribution in [3.63, 3.8) is 0 Å². The molecule has 1 aromatic rings. The molecule has 0 aliphatic carbocycles. The van der Waals surface area contributed by atoms with E-state index in [4.69, 9.17) is 0 Å². The zero-order chi connectivity index (χ0) is 15.9. The van der Waals surface area contributed by atoms with Gasteiger partial charge in [0.2, 0.25) is 0 Å². The van der Waals surface area contributed by atoms with E-state index in [-0.39, 0.29) is 0 Å². The number of nitrogens with one attached hydrogen (secondary N) is 2. The Morgan fingerprint density at radius 1 is 1.32 bits per heavy atom. The molecule has 4 heteroatoms. The minimum atomic E-state index is 0.470. The van der Waals surface area contributed by atoms with Crippen LogP contribution in [0.25, 0.3) is 0 Å². The molecule has 1 aliphatic heterocycles. The number of aliphatic imine (C=N–C) groups is 1. The Morgan fingerprint density at radius 3 is 2.68 bits per heavy atom. The maximum Gasteiger partial charge on any atom is 0.191 e. The summed E-state index contributed by atoms with van der Waals surface area (Å²) < 4.78 is 0. The molecule has 4 nitrogen and oxygen atoms in total. The van der Waals surface area contributed by atoms with Gasteiger partial charge >= 0.3 is 0 Å². The van der Waals surface area contributed by atoms with Crippen molar-refractivity contribution >= 4 is 5.96 Å². The molecular weight excluding hydrogens is 272 g/mol. The second-order valence-corrected chi connectivity index (χ2v) is 6.69. The van der Waals surface area contributed by atoms with Gasteiger partial charge in [-0.3, -0.25) is 9.89 Å². The molecule has 1 saturated heterocycles. The van der Waals surface area contributed by atoms with Crippen molar-refractivity contribution in [2.45, 2.75) is 45.8 Å². The fourth-order valence-corrected chi connectivity index (χ4v) is 2.93. The van der Waals surface area contributed by atoms with Gasteiger partial charge in [-0.25, -0.2) is 0 Å². The average Bonchev–Trinajstić information content (AvgIpc) is 2.84. The number of benzene rings is 1. The summed E-state index contributed by atoms with van der Waals surface area (Å²) in [6.45, 7) is 9.78. The van der Waals surface area contributed by atoms with Crippen molar-refractivity contribution in [1.82, 2.24) is 15.5 Å². The highest BCUT2D eigenvalue weighted by Crippen LogP contribution is 2.20. The van der Waals surface area contributed by atoms with Crippen molar-refractivity contribution in [1.29, 1.82) is 0 Å². The first kappa shape index (κ1) is 16.8. The van der Waals surface area contributed by atoms with Crippen LogP contribution in [0.1, 0.15) is 32.8 Å². The summed E-state index contributed by atoms with van der Waals surface area (Å²) in [7, 11) is 1.84. The topological polar surface area (TPSA) is 39.7 Å². The molecule has 2 unspecified atom stereocenters. The molecular formula is C18H30N4. The zero-order valence-electron chi connectivity index (χ0n) is 14.3. The Labute approximate surface area is 135 Å². The lowest BCUT2D eigenvalue weighted by molar-refractivity contribution is 0.258. The monoisotopic (exact) mass is 302 g/mol. The molecule has 0 bridgehead atoms. The number of likely N-dealkylation sites (tertiary alicyclic amines) is 1. The highest BCUT2D eigenvalue weighted by Gasteiger charge is 2.29. The Hall–Kier alpha value is -1.55. The van der Waals surface area contributed by atoms with Gasteiger partial charge in [-0.05, 0) is 24.8 Å². The van der Waals surface area contributed by atoms with Gasteiger partial charge in [0.15, 0.2) is 5.96 Å². The van der Waals surface area contributed by atoms with Crippen LogP contribution in [0, 0.1) is 5.92 Å². The Kier molecular flexibility index (Phi) is 6.25. The van der Waals surface area contributed by atoms with Crippen molar-refractivity contribution in [2.24, 2.45) is 10.9 Å². The Bertz CT molecular complexity index is 469. The molecule has 1 fully saturated rings. The highest BCUT2D eigenvalue weighted by atomic mass is 15.3. The maximum absolute atomic E-state index is 4.33. The van der Waals surface area contributed by atoms with Crippen molar-refractivity contribution in [3.8, 4) is 0 Å². The van der Waals surface area contributed by atoms with E-state index in [9.17, 15) is 0 Å². The molecule has 1 aromatic carbocycles. The van der Waals surface area contributed by atoms with Crippen molar-refractivity contribution in [2.75, 3.05) is 20.1 Å². The molecule has 1 aliphatic rings. The summed E-state index contributed by atoms with van der Waals surface area (Å²) in [5, 5.41) is 6.96. The smallest absolute Gasteiger partial charge is 0.191 e. The molecule has 0 radical (unpaired) electrons. The van der Waals surface area contributed by atoms with E-state index in [0.717, 1.165) is 32.0 Å². The third kappa shape index (κ3) is 5.02. The van der Waals surface area contributed by atoms with Gasteiger partial charge in [-0.1, -0.05) is 44.2 Å². The molecule has 122 valence electrons. The minimum absolute atomic E-state index is 0.470. The molecule has 2 N–H and O–H groups in total. The summed E-state index contributed by atoms with van der Waals surface area (Å²) in [4.78, 5) is 6.88. The second kappa shape index (κ2) is 8.18. The number of guanidine groups is 1. The maximum atomic E-state index is 4.33. The summed E-state index contributed by atoms with van der Waals surface area (Å²) in [5.74, 6) is 1.54. The largest absolute Gasteiger partial charge is 0.356 e. The van der Waals surface area contributed by atoms with Crippen LogP contribution in [0.5, 0.6) is 0 Å². The van der Waals surface area contributed by atoms with Crippen molar-refractivity contribution in [3.05, 3.63) is 35.9 Å². The van der Waals surface area contributed by atoms with Crippen LogP contribution in [0.3, 0.4) is 0 Å². The van der Waals surface area contributed by atoms with Crippen LogP contribution in [0.4, 0.5) is 0 Å². The van der Waals surface area contributed by atoms with Gasteiger partial charge < -0.3 is 10.6 Å². The summed E-state index contributed by atoms with van der Waals surface area (Å²) in [5.41, 5.74) is 1.39. The zero-order valence-corrected chi connectivity index (χ0v) is 14.3. The predicted molar refractivity (Wildman–Crippen MR) is 94.1 cm³/mol. The number of nitrogens with zero attached hydrogens (tertiary/aromatic N) is 2. The number of hydrogen-bond donors (Lipinski definition) is 2. The van der Waals surface area contributed by atoms with Crippen LogP contribution < -0.4 is 10.6 Å². The Balaban J connectivity index is 1.85. The average molecular weight is 302 g/mol. The normalized spacial score (nSPS) is 23.0. The van der Waals surface area contributed by atoms with E-state index in [1.807, 2.05) is 7.05 Å². The highest BCUT2D eigenvalue weighted by molar-refractivity contribution is 5.80. The van der Waals surface area contributed by atoms with Crippen LogP contribution in [0.15, 0.2) is 35.3 Å². The molecule has 0 spiro atoms. The van der Waals surface area contributed by atoms with Gasteiger partial charge in [0.25, 0.3) is 0 Å². The van der Waals surface area contributed by atoms with Gasteiger partial charge in [0, 0.05) is 38.8 Å². The molecule has 22 heavy (non-hydrogen) atoms. The third-order valence-corrected chi connectivity index (χ3v) is 4.17. The van der Waals surface area contributed by atoms with E-state index in [1.165, 1.54) is 5.56 Å². The second-order valence-electron chi connectivity index (χ2n) is 6.69. The first-order chi connectivity index (χ1) is 10.6. The van der Waals surface area contributed by atoms with E-state index < -0.39 is 0 Å². The first-order valence-electron chi connectivity index (χ1n) is 8.33. The van der Waals surface area contributed by atoms with Crippen LogP contribution in [-0.4, -0.2) is 43.1 Å². The van der Waals surface area contributed by atoms with Crippen LogP contribution in [0.2, 0.25) is 0 Å². The van der Waals surface area contributed by atoms with E-state index in [1.54, 1.807) is 0 Å². The quantitative estimate of drug-likeness (QED) is 0.648. The number of hydrogen-bond acceptors (Lipinski definition) is 2. The molecule has 0 amide bonds. The molecule has 0 aromatic heterocycles. The van der Waals surface area contributed by atoms with Gasteiger partial charge in [-0.2, -0.15) is 0 Å². The van der Waals surface area contributed by atoms with Crippen LogP contribution in [-0.2, 0) is 6.54 Å². The van der Waals surface area contributed by atoms with Gasteiger partial charge in [0.1, 0.15) is 0 Å². The van der Waals surface area contributed by atoms with Gasteiger partial charge in [0.05, 0.1) is 0 Å². The summed E-state index contributed by atoms with van der Waals surface area (Å²) in [6, 6.07) is 11.8. The fraction of sp³-hybridized carbons (Fsp3) is 0.611. The lowest BCUT2D eigenvalue weighted by atomic mass is 10.2. The number of rotatable bonds is 5. The van der Waals surface area contributed by atoms with E-state index in [0.29, 0.717) is 18.0 Å². The van der Waals surface area contributed by atoms with Gasteiger partial charge in [-0.15, -0.1) is 0 Å². The van der Waals surface area contributed by atoms with Crippen LogP contribution >= 0.6 is 0 Å². The SMILES string of the molecule is CN=C(NCC(C)C)NC1CC(C)N(Cc2ccccc2)C1. The van der Waals surface area contributed by atoms with E-state index >= 15 is 0 Å². The summed E-state index contributed by atoms with van der Waals surface area (Å²) in [6.07, 6.45) is 1.16. The third-order valence-electron chi connectivity index (χ3n) is 4.17. The molecule has 0 saturated carbocycles. The minimum Gasteiger partial charge on any atom is -0.356 e. The first-order valence-corrected chi connectivity index (χ1v) is 8.33. The van der Waals surface area contributed by atoms with Crippen molar-refractivity contribution < 1.29 is 0 Å². The molecule has 1 heterocycles. The Morgan fingerprint density at radius 2 is 2.05 bits per heavy atom. The standard InChI is InChI=1S/C18H30N4/c1-14(2)11-20-18(19-4)21-17-10-15(3)22(13-17)12-16-8-6-5-7-9-16/h5-9,14-15,17H,10-13H2,1-4H3,(H2,19,20,21). The summed E-state index contributed by atoms with van der Waals surface area (Å²) >= 11 is 0. The molecule has 2 atom stereocenters. The van der Waals surface area contributed by atoms with E-state index in [2.05, 4.69) is 71.6 Å². The lowest BCUT2D eigenvalue weighted by Crippen LogP contribution is -2.45. The lowest BCUT2D eigenvalue weighted by Gasteiger charge is -2.21. The predicted octanol–water partition coefficient (Wildman–Crippen LogP) is 2.47. The molecule has 2 rings (SSSR count).